The molecule has 4 unspecified atom stereocenters. The second-order valence-electron chi connectivity index (χ2n) is 9.00. The van der Waals surface area contributed by atoms with Gasteiger partial charge in [0.15, 0.2) is 0 Å². The molecule has 1 aromatic carbocycles. The lowest BCUT2D eigenvalue weighted by Gasteiger charge is -2.28. The first-order valence-corrected chi connectivity index (χ1v) is 8.80. The summed E-state index contributed by atoms with van der Waals surface area (Å²) in [7, 11) is 0. The Balaban J connectivity index is 2.03. The van der Waals surface area contributed by atoms with Crippen LogP contribution in [0.3, 0.4) is 0 Å². The molecule has 2 fully saturated rings. The number of benzene rings is 1. The van der Waals surface area contributed by atoms with Crippen molar-refractivity contribution in [2.45, 2.75) is 91.0 Å². The molecule has 4 nitrogen and oxygen atoms in total. The molecule has 2 aliphatic heterocycles. The average molecular weight is 334 g/mol. The molecule has 0 spiro atoms. The van der Waals surface area contributed by atoms with Gasteiger partial charge in [-0.1, -0.05) is 41.5 Å². The smallest absolute Gasteiger partial charge is 0.226 e. The Morgan fingerprint density at radius 3 is 1.21 bits per heavy atom. The standard InChI is InChI=1S/C20H30O4/c1-11-17(21-11)23-15-9-14(20(6,7)8)16(24-18-12(2)22-18)10-13(15)19(3,4)5/h9-12,17-18H,1-8H3. The van der Waals surface area contributed by atoms with Gasteiger partial charge < -0.3 is 18.9 Å². The van der Waals surface area contributed by atoms with Crippen molar-refractivity contribution in [2.24, 2.45) is 0 Å². The molecule has 1 aromatic rings. The molecule has 0 aliphatic carbocycles. The molecule has 134 valence electrons. The van der Waals surface area contributed by atoms with E-state index in [1.165, 1.54) is 0 Å². The maximum atomic E-state index is 6.12. The van der Waals surface area contributed by atoms with Crippen LogP contribution in [-0.4, -0.2) is 24.8 Å². The summed E-state index contributed by atoms with van der Waals surface area (Å²) in [5, 5.41) is 0. The van der Waals surface area contributed by atoms with Crippen LogP contribution in [0.2, 0.25) is 0 Å². The van der Waals surface area contributed by atoms with Crippen molar-refractivity contribution >= 4 is 0 Å². The minimum atomic E-state index is -0.141. The topological polar surface area (TPSA) is 43.5 Å². The van der Waals surface area contributed by atoms with Gasteiger partial charge in [-0.15, -0.1) is 0 Å². The largest absolute Gasteiger partial charge is 0.462 e. The molecule has 0 radical (unpaired) electrons. The molecule has 2 aliphatic rings. The van der Waals surface area contributed by atoms with E-state index < -0.39 is 0 Å². The molecule has 0 aromatic heterocycles. The molecular weight excluding hydrogens is 304 g/mol. The van der Waals surface area contributed by atoms with Crippen molar-refractivity contribution in [3.63, 3.8) is 0 Å². The molecule has 2 heterocycles. The monoisotopic (exact) mass is 334 g/mol. The van der Waals surface area contributed by atoms with E-state index in [-0.39, 0.29) is 35.6 Å². The SMILES string of the molecule is CC1OC1Oc1cc(C(C)(C)C)c(OC2OC2C)cc1C(C)(C)C. The van der Waals surface area contributed by atoms with Crippen molar-refractivity contribution in [3.8, 4) is 11.5 Å². The predicted octanol–water partition coefficient (Wildman–Crippen LogP) is 4.53. The van der Waals surface area contributed by atoms with E-state index in [1.54, 1.807) is 0 Å². The molecular formula is C20H30O4. The highest BCUT2D eigenvalue weighted by Gasteiger charge is 2.40. The Morgan fingerprint density at radius 2 is 1.00 bits per heavy atom. The third-order valence-electron chi connectivity index (χ3n) is 4.49. The van der Waals surface area contributed by atoms with E-state index >= 15 is 0 Å². The summed E-state index contributed by atoms with van der Waals surface area (Å²) in [5.41, 5.74) is 2.14. The maximum absolute atomic E-state index is 6.12. The van der Waals surface area contributed by atoms with Crippen molar-refractivity contribution in [1.29, 1.82) is 0 Å². The van der Waals surface area contributed by atoms with Gasteiger partial charge in [-0.25, -0.2) is 0 Å². The molecule has 2 saturated heterocycles. The van der Waals surface area contributed by atoms with Crippen LogP contribution in [0.15, 0.2) is 12.1 Å². The van der Waals surface area contributed by atoms with Crippen LogP contribution in [0.1, 0.15) is 66.5 Å². The first kappa shape index (κ1) is 17.6. The quantitative estimate of drug-likeness (QED) is 0.759. The second kappa shape index (κ2) is 5.63. The normalized spacial score (nSPS) is 29.3. The van der Waals surface area contributed by atoms with Gasteiger partial charge in [-0.2, -0.15) is 0 Å². The van der Waals surface area contributed by atoms with Gasteiger partial charge >= 0.3 is 0 Å². The molecule has 0 N–H and O–H groups in total. The van der Waals surface area contributed by atoms with Crippen LogP contribution in [-0.2, 0) is 20.3 Å². The first-order chi connectivity index (χ1) is 11.0. The minimum absolute atomic E-state index is 0.0575. The summed E-state index contributed by atoms with van der Waals surface area (Å²) in [5.74, 6) is 1.78. The molecule has 4 heteroatoms. The van der Waals surface area contributed by atoms with E-state index in [9.17, 15) is 0 Å². The number of rotatable bonds is 4. The van der Waals surface area contributed by atoms with Crippen LogP contribution >= 0.6 is 0 Å². The fourth-order valence-corrected chi connectivity index (χ4v) is 2.76. The summed E-state index contributed by atoms with van der Waals surface area (Å²) in [6.45, 7) is 17.1. The summed E-state index contributed by atoms with van der Waals surface area (Å²) < 4.78 is 23.2. The lowest BCUT2D eigenvalue weighted by atomic mass is 9.81. The van der Waals surface area contributed by atoms with E-state index in [0.29, 0.717) is 0 Å². The predicted molar refractivity (Wildman–Crippen MR) is 93.8 cm³/mol. The van der Waals surface area contributed by atoms with Crippen LogP contribution in [0.25, 0.3) is 0 Å². The summed E-state index contributed by atoms with van der Waals surface area (Å²) in [6, 6.07) is 4.24. The van der Waals surface area contributed by atoms with Gasteiger partial charge in [-0.05, 0) is 36.8 Å². The fraction of sp³-hybridized carbons (Fsp3) is 0.700. The average Bonchev–Trinajstić information content (AvgIpc) is 3.30. The molecule has 0 saturated carbocycles. The Hall–Kier alpha value is -1.26. The Bertz CT molecular complexity index is 568. The zero-order valence-corrected chi connectivity index (χ0v) is 16.1. The van der Waals surface area contributed by atoms with E-state index in [2.05, 4.69) is 53.7 Å². The lowest BCUT2D eigenvalue weighted by Crippen LogP contribution is -2.20. The Kier molecular flexibility index (Phi) is 4.12. The van der Waals surface area contributed by atoms with Crippen molar-refractivity contribution in [1.82, 2.24) is 0 Å². The van der Waals surface area contributed by atoms with Gasteiger partial charge in [0, 0.05) is 11.1 Å². The van der Waals surface area contributed by atoms with Crippen molar-refractivity contribution in [3.05, 3.63) is 23.3 Å². The van der Waals surface area contributed by atoms with Crippen LogP contribution in [0, 0.1) is 0 Å². The summed E-state index contributed by atoms with van der Waals surface area (Å²) in [6.07, 6.45) is 0.0371. The molecule has 0 amide bonds. The molecule has 24 heavy (non-hydrogen) atoms. The van der Waals surface area contributed by atoms with Crippen LogP contribution in [0.5, 0.6) is 11.5 Å². The minimum Gasteiger partial charge on any atom is -0.462 e. The van der Waals surface area contributed by atoms with Gasteiger partial charge in [0.25, 0.3) is 0 Å². The number of hydrogen-bond acceptors (Lipinski definition) is 4. The summed E-state index contributed by atoms with van der Waals surface area (Å²) in [4.78, 5) is 0. The molecule has 0 bridgehead atoms. The van der Waals surface area contributed by atoms with Crippen LogP contribution < -0.4 is 9.47 Å². The van der Waals surface area contributed by atoms with Crippen LogP contribution in [0.4, 0.5) is 0 Å². The third-order valence-corrected chi connectivity index (χ3v) is 4.49. The van der Waals surface area contributed by atoms with E-state index in [0.717, 1.165) is 22.6 Å². The first-order valence-electron chi connectivity index (χ1n) is 8.80. The van der Waals surface area contributed by atoms with Crippen molar-refractivity contribution < 1.29 is 18.9 Å². The molecule has 4 atom stereocenters. The highest BCUT2D eigenvalue weighted by molar-refractivity contribution is 5.52. The highest BCUT2D eigenvalue weighted by Crippen LogP contribution is 2.44. The Labute approximate surface area is 145 Å². The molecule has 3 rings (SSSR count). The zero-order chi connectivity index (χ0) is 17.9. The second-order valence-corrected chi connectivity index (χ2v) is 9.00. The number of ether oxygens (including phenoxy) is 4. The van der Waals surface area contributed by atoms with Gasteiger partial charge in [0.1, 0.15) is 23.7 Å². The summed E-state index contributed by atoms with van der Waals surface area (Å²) >= 11 is 0. The number of epoxide rings is 2. The maximum Gasteiger partial charge on any atom is 0.226 e. The third kappa shape index (κ3) is 3.70. The van der Waals surface area contributed by atoms with Gasteiger partial charge in [0.2, 0.25) is 12.6 Å². The lowest BCUT2D eigenvalue weighted by molar-refractivity contribution is 0.168. The van der Waals surface area contributed by atoms with E-state index in [4.69, 9.17) is 18.9 Å². The van der Waals surface area contributed by atoms with Crippen molar-refractivity contribution in [2.75, 3.05) is 0 Å². The highest BCUT2D eigenvalue weighted by atomic mass is 16.8. The Morgan fingerprint density at radius 1 is 0.708 bits per heavy atom. The van der Waals surface area contributed by atoms with Gasteiger partial charge in [-0.3, -0.25) is 0 Å². The van der Waals surface area contributed by atoms with E-state index in [1.807, 2.05) is 13.8 Å². The van der Waals surface area contributed by atoms with Gasteiger partial charge in [0.05, 0.1) is 0 Å². The fourth-order valence-electron chi connectivity index (χ4n) is 2.76. The zero-order valence-electron chi connectivity index (χ0n) is 16.1. The number of hydrogen-bond donors (Lipinski definition) is 0.